The molecule has 0 radical (unpaired) electrons. The van der Waals surface area contributed by atoms with Crippen molar-refractivity contribution in [2.45, 2.75) is 50.9 Å². The van der Waals surface area contributed by atoms with E-state index in [0.29, 0.717) is 6.54 Å². The van der Waals surface area contributed by atoms with Crippen molar-refractivity contribution in [1.82, 2.24) is 10.6 Å². The van der Waals surface area contributed by atoms with Gasteiger partial charge in [0.05, 0.1) is 23.7 Å². The zero-order valence-electron chi connectivity index (χ0n) is 16.0. The lowest BCUT2D eigenvalue weighted by molar-refractivity contribution is -0.384. The Kier molecular flexibility index (Phi) is 9.93. The molecule has 2 aliphatic rings. The molecule has 0 bridgehead atoms. The second-order valence-electron chi connectivity index (χ2n) is 6.97. The number of nitro groups is 1. The Morgan fingerprint density at radius 2 is 1.64 bits per heavy atom. The van der Waals surface area contributed by atoms with Crippen LogP contribution in [0.3, 0.4) is 0 Å². The number of hydrogen-bond donors (Lipinski definition) is 2. The van der Waals surface area contributed by atoms with E-state index < -0.39 is 4.92 Å². The molecule has 2 saturated heterocycles. The zero-order valence-corrected chi connectivity index (χ0v) is 18.3. The number of guanidine groups is 1. The quantitative estimate of drug-likeness (QED) is 0.195. The van der Waals surface area contributed by atoms with E-state index in [9.17, 15) is 10.1 Å². The van der Waals surface area contributed by atoms with E-state index in [1.807, 2.05) is 0 Å². The molecule has 0 amide bonds. The zero-order chi connectivity index (χ0) is 18.9. The van der Waals surface area contributed by atoms with E-state index in [4.69, 9.17) is 9.47 Å². The lowest BCUT2D eigenvalue weighted by atomic mass is 10.1. The number of halogens is 1. The average molecular weight is 504 g/mol. The first-order valence-corrected chi connectivity index (χ1v) is 9.69. The van der Waals surface area contributed by atoms with Crippen molar-refractivity contribution in [2.24, 2.45) is 4.99 Å². The van der Waals surface area contributed by atoms with Gasteiger partial charge in [-0.25, -0.2) is 4.99 Å². The maximum Gasteiger partial charge on any atom is 0.269 e. The molecule has 0 aliphatic carbocycles. The average Bonchev–Trinajstić information content (AvgIpc) is 3.22. The fraction of sp³-hybridized carbons (Fsp3) is 0.632. The van der Waals surface area contributed by atoms with E-state index in [-0.39, 0.29) is 41.9 Å². The Hall–Kier alpha value is -1.46. The lowest BCUT2D eigenvalue weighted by Crippen LogP contribution is -2.44. The summed E-state index contributed by atoms with van der Waals surface area (Å²) < 4.78 is 11.4. The van der Waals surface area contributed by atoms with Crippen molar-refractivity contribution in [3.05, 3.63) is 39.9 Å². The molecular formula is C19H29IN4O4. The van der Waals surface area contributed by atoms with Crippen molar-refractivity contribution >= 4 is 35.6 Å². The number of non-ortho nitro benzene ring substituents is 1. The monoisotopic (exact) mass is 504 g/mol. The second kappa shape index (κ2) is 12.2. The van der Waals surface area contributed by atoms with Crippen LogP contribution < -0.4 is 10.6 Å². The Balaban J connectivity index is 0.00000280. The van der Waals surface area contributed by atoms with Crippen LogP contribution in [0.4, 0.5) is 5.69 Å². The number of nitrogens with one attached hydrogen (secondary N) is 2. The molecule has 9 heteroatoms. The molecule has 0 aromatic heterocycles. The van der Waals surface area contributed by atoms with Gasteiger partial charge in [-0.05, 0) is 37.7 Å². The normalized spacial score (nSPS) is 22.4. The summed E-state index contributed by atoms with van der Waals surface area (Å²) in [6.45, 7) is 3.54. The maximum absolute atomic E-state index is 10.8. The van der Waals surface area contributed by atoms with Crippen LogP contribution in [0.2, 0.25) is 0 Å². The van der Waals surface area contributed by atoms with Crippen molar-refractivity contribution in [1.29, 1.82) is 0 Å². The molecular weight excluding hydrogens is 475 g/mol. The molecule has 28 heavy (non-hydrogen) atoms. The highest BCUT2D eigenvalue weighted by atomic mass is 127. The van der Waals surface area contributed by atoms with Crippen LogP contribution in [0.5, 0.6) is 0 Å². The van der Waals surface area contributed by atoms with Gasteiger partial charge in [0, 0.05) is 38.4 Å². The fourth-order valence-electron chi connectivity index (χ4n) is 3.26. The first kappa shape index (κ1) is 22.8. The highest BCUT2D eigenvalue weighted by molar-refractivity contribution is 14.0. The minimum atomic E-state index is -0.395. The first-order valence-electron chi connectivity index (χ1n) is 9.69. The van der Waals surface area contributed by atoms with Gasteiger partial charge in [-0.1, -0.05) is 12.1 Å². The summed E-state index contributed by atoms with van der Waals surface area (Å²) in [5, 5.41) is 17.5. The van der Waals surface area contributed by atoms with Crippen LogP contribution in [0, 0.1) is 10.1 Å². The fourth-order valence-corrected chi connectivity index (χ4v) is 3.26. The van der Waals surface area contributed by atoms with E-state index in [2.05, 4.69) is 15.6 Å². The van der Waals surface area contributed by atoms with Gasteiger partial charge >= 0.3 is 0 Å². The third kappa shape index (κ3) is 7.51. The van der Waals surface area contributed by atoms with Gasteiger partial charge in [0.25, 0.3) is 5.69 Å². The number of rotatable bonds is 7. The van der Waals surface area contributed by atoms with Crippen LogP contribution >= 0.6 is 24.0 Å². The summed E-state index contributed by atoms with van der Waals surface area (Å²) in [6, 6.07) is 6.49. The lowest BCUT2D eigenvalue weighted by Gasteiger charge is -2.24. The third-order valence-electron chi connectivity index (χ3n) is 4.86. The standard InChI is InChI=1S/C19H28N4O4.HI/c24-23(25)16-8-6-15(7-9-16)12-20-19(22-14-18-5-3-11-27-18)21-13-17-4-1-2-10-26-17;/h6-9,17-18H,1-5,10-14H2,(H2,20,21,22);1H. The van der Waals surface area contributed by atoms with Gasteiger partial charge in [-0.3, -0.25) is 10.1 Å². The van der Waals surface area contributed by atoms with Crippen LogP contribution in [0.1, 0.15) is 37.7 Å². The number of benzene rings is 1. The Morgan fingerprint density at radius 3 is 2.18 bits per heavy atom. The predicted octanol–water partition coefficient (Wildman–Crippen LogP) is 3.00. The van der Waals surface area contributed by atoms with Gasteiger partial charge in [-0.15, -0.1) is 24.0 Å². The van der Waals surface area contributed by atoms with Crippen molar-refractivity contribution in [2.75, 3.05) is 26.3 Å². The minimum Gasteiger partial charge on any atom is -0.376 e. The van der Waals surface area contributed by atoms with Gasteiger partial charge in [-0.2, -0.15) is 0 Å². The first-order chi connectivity index (χ1) is 13.2. The Morgan fingerprint density at radius 1 is 1.04 bits per heavy atom. The molecule has 2 aliphatic heterocycles. The minimum absolute atomic E-state index is 0. The molecule has 0 saturated carbocycles. The molecule has 2 unspecified atom stereocenters. The molecule has 8 nitrogen and oxygen atoms in total. The Bertz CT molecular complexity index is 629. The van der Waals surface area contributed by atoms with Crippen LogP contribution in [-0.2, 0) is 16.0 Å². The summed E-state index contributed by atoms with van der Waals surface area (Å²) >= 11 is 0. The molecule has 3 rings (SSSR count). The maximum atomic E-state index is 10.8. The number of aliphatic imine (C=N–C) groups is 1. The number of nitrogens with zero attached hydrogens (tertiary/aromatic N) is 2. The van der Waals surface area contributed by atoms with Crippen molar-refractivity contribution in [3.63, 3.8) is 0 Å². The Labute approximate surface area is 182 Å². The SMILES string of the molecule is I.O=[N+]([O-])c1ccc(CN=C(NCC2CCCCO2)NCC2CCCO2)cc1. The highest BCUT2D eigenvalue weighted by Crippen LogP contribution is 2.14. The number of ether oxygens (including phenoxy) is 2. The number of nitro benzene ring substituents is 1. The topological polar surface area (TPSA) is 98.0 Å². The molecule has 2 fully saturated rings. The van der Waals surface area contributed by atoms with Crippen LogP contribution in [0.25, 0.3) is 0 Å². The molecule has 2 N–H and O–H groups in total. The summed E-state index contributed by atoms with van der Waals surface area (Å²) in [7, 11) is 0. The number of hydrogen-bond acceptors (Lipinski definition) is 5. The summed E-state index contributed by atoms with van der Waals surface area (Å²) in [5.41, 5.74) is 1.01. The van der Waals surface area contributed by atoms with Crippen molar-refractivity contribution in [3.8, 4) is 0 Å². The van der Waals surface area contributed by atoms with Gasteiger partial charge in [0.15, 0.2) is 5.96 Å². The molecule has 0 spiro atoms. The smallest absolute Gasteiger partial charge is 0.269 e. The summed E-state index contributed by atoms with van der Waals surface area (Å²) in [5.74, 6) is 0.720. The highest BCUT2D eigenvalue weighted by Gasteiger charge is 2.17. The van der Waals surface area contributed by atoms with Crippen LogP contribution in [0.15, 0.2) is 29.3 Å². The van der Waals surface area contributed by atoms with E-state index >= 15 is 0 Å². The van der Waals surface area contributed by atoms with E-state index in [1.54, 1.807) is 12.1 Å². The largest absolute Gasteiger partial charge is 0.376 e. The van der Waals surface area contributed by atoms with E-state index in [1.165, 1.54) is 18.6 Å². The molecule has 156 valence electrons. The molecule has 1 aromatic rings. The van der Waals surface area contributed by atoms with Gasteiger partial charge in [0.2, 0.25) is 0 Å². The second-order valence-corrected chi connectivity index (χ2v) is 6.97. The van der Waals surface area contributed by atoms with Gasteiger partial charge < -0.3 is 20.1 Å². The third-order valence-corrected chi connectivity index (χ3v) is 4.86. The molecule has 2 atom stereocenters. The predicted molar refractivity (Wildman–Crippen MR) is 118 cm³/mol. The van der Waals surface area contributed by atoms with Crippen LogP contribution in [-0.4, -0.2) is 49.4 Å². The summed E-state index contributed by atoms with van der Waals surface area (Å²) in [6.07, 6.45) is 6.00. The molecule has 1 aromatic carbocycles. The van der Waals surface area contributed by atoms with Crippen molar-refractivity contribution < 1.29 is 14.4 Å². The van der Waals surface area contributed by atoms with Gasteiger partial charge in [0.1, 0.15) is 0 Å². The summed E-state index contributed by atoms with van der Waals surface area (Å²) in [4.78, 5) is 15.0. The van der Waals surface area contributed by atoms with E-state index in [0.717, 1.165) is 63.5 Å². The molecule has 2 heterocycles.